The van der Waals surface area contributed by atoms with Crippen LogP contribution < -0.4 is 0 Å². The van der Waals surface area contributed by atoms with Gasteiger partial charge in [0.05, 0.1) is 13.2 Å². The van der Waals surface area contributed by atoms with Crippen LogP contribution in [-0.4, -0.2) is 23.1 Å². The van der Waals surface area contributed by atoms with Crippen LogP contribution >= 0.6 is 0 Å². The first-order chi connectivity index (χ1) is 14.0. The largest absolute Gasteiger partial charge is 0.392 e. The highest BCUT2D eigenvalue weighted by Crippen LogP contribution is 2.29. The van der Waals surface area contributed by atoms with Crippen LogP contribution in [0.3, 0.4) is 0 Å². The van der Waals surface area contributed by atoms with E-state index in [0.717, 1.165) is 27.8 Å². The number of hydrogen-bond acceptors (Lipinski definition) is 3. The first-order valence-electron chi connectivity index (χ1n) is 9.52. The van der Waals surface area contributed by atoms with Gasteiger partial charge in [-0.3, -0.25) is 0 Å². The fourth-order valence-electron chi connectivity index (χ4n) is 3.16. The molecule has 3 aromatic carbocycles. The molecule has 0 saturated heterocycles. The summed E-state index contributed by atoms with van der Waals surface area (Å²) in [6.07, 6.45) is -0.531. The van der Waals surface area contributed by atoms with Gasteiger partial charge in [0.2, 0.25) is 0 Å². The number of ether oxygens (including phenoxy) is 1. The third kappa shape index (κ3) is 5.18. The van der Waals surface area contributed by atoms with Crippen molar-refractivity contribution in [2.24, 2.45) is 0 Å². The molecule has 3 aromatic rings. The van der Waals surface area contributed by atoms with Crippen molar-refractivity contribution in [2.45, 2.75) is 26.2 Å². The van der Waals surface area contributed by atoms with Crippen LogP contribution in [0.25, 0.3) is 22.3 Å². The summed E-state index contributed by atoms with van der Waals surface area (Å²) < 4.78 is 20.2. The highest BCUT2D eigenvalue weighted by Gasteiger charge is 2.11. The second kappa shape index (κ2) is 9.61. The first kappa shape index (κ1) is 20.9. The second-order valence-corrected chi connectivity index (χ2v) is 7.02. The van der Waals surface area contributed by atoms with E-state index >= 15 is 0 Å². The zero-order valence-electron chi connectivity index (χ0n) is 16.4. The number of rotatable bonds is 8. The third-order valence-electron chi connectivity index (χ3n) is 4.83. The summed E-state index contributed by atoms with van der Waals surface area (Å²) in [7, 11) is 0. The van der Waals surface area contributed by atoms with Gasteiger partial charge in [-0.25, -0.2) is 4.39 Å². The highest BCUT2D eigenvalue weighted by molar-refractivity contribution is 5.71. The van der Waals surface area contributed by atoms with Gasteiger partial charge in [0, 0.05) is 5.56 Å². The lowest BCUT2D eigenvalue weighted by Crippen LogP contribution is -2.15. The minimum atomic E-state index is -1.02. The van der Waals surface area contributed by atoms with Gasteiger partial charge in [0.15, 0.2) is 6.29 Å². The molecule has 4 heteroatoms. The van der Waals surface area contributed by atoms with Crippen molar-refractivity contribution >= 4 is 0 Å². The summed E-state index contributed by atoms with van der Waals surface area (Å²) in [5, 5.41) is 19.3. The summed E-state index contributed by atoms with van der Waals surface area (Å²) in [5.41, 5.74) is 5.15. The minimum Gasteiger partial charge on any atom is -0.392 e. The SMILES string of the molecule is C=C(C)C(O)OCCc1cc(-c2ccc(-c3ccccc3)cc2F)ccc1CO. The average molecular weight is 392 g/mol. The van der Waals surface area contributed by atoms with E-state index in [9.17, 15) is 14.6 Å². The summed E-state index contributed by atoms with van der Waals surface area (Å²) in [6, 6.07) is 20.3. The van der Waals surface area contributed by atoms with Gasteiger partial charge in [-0.2, -0.15) is 0 Å². The van der Waals surface area contributed by atoms with Gasteiger partial charge < -0.3 is 14.9 Å². The molecule has 0 bridgehead atoms. The minimum absolute atomic E-state index is 0.117. The first-order valence-corrected chi connectivity index (χ1v) is 9.52. The van der Waals surface area contributed by atoms with E-state index in [1.807, 2.05) is 42.5 Å². The maximum absolute atomic E-state index is 14.9. The van der Waals surface area contributed by atoms with Gasteiger partial charge in [-0.05, 0) is 52.8 Å². The van der Waals surface area contributed by atoms with Gasteiger partial charge in [-0.15, -0.1) is 0 Å². The molecule has 1 atom stereocenters. The second-order valence-electron chi connectivity index (χ2n) is 7.02. The third-order valence-corrected chi connectivity index (χ3v) is 4.83. The van der Waals surface area contributed by atoms with E-state index < -0.39 is 6.29 Å². The fraction of sp³-hybridized carbons (Fsp3) is 0.200. The quantitative estimate of drug-likeness (QED) is 0.414. The van der Waals surface area contributed by atoms with Crippen LogP contribution in [-0.2, 0) is 17.8 Å². The summed E-state index contributed by atoms with van der Waals surface area (Å²) >= 11 is 0. The molecular weight excluding hydrogens is 367 g/mol. The Balaban J connectivity index is 1.84. The van der Waals surface area contributed by atoms with Crippen molar-refractivity contribution in [1.82, 2.24) is 0 Å². The fourth-order valence-corrected chi connectivity index (χ4v) is 3.16. The molecule has 0 heterocycles. The molecule has 150 valence electrons. The smallest absolute Gasteiger partial charge is 0.176 e. The normalized spacial score (nSPS) is 12.0. The molecule has 0 saturated carbocycles. The molecule has 0 aliphatic heterocycles. The zero-order valence-corrected chi connectivity index (χ0v) is 16.4. The maximum Gasteiger partial charge on any atom is 0.176 e. The average Bonchev–Trinajstić information content (AvgIpc) is 2.74. The Kier molecular flexibility index (Phi) is 6.94. The number of aliphatic hydroxyl groups is 2. The summed E-state index contributed by atoms with van der Waals surface area (Å²) in [5.74, 6) is -0.303. The van der Waals surface area contributed by atoms with E-state index in [4.69, 9.17) is 4.74 Å². The van der Waals surface area contributed by atoms with Crippen LogP contribution in [0.1, 0.15) is 18.1 Å². The van der Waals surface area contributed by atoms with E-state index in [1.54, 1.807) is 25.1 Å². The molecule has 0 amide bonds. The van der Waals surface area contributed by atoms with Crippen molar-refractivity contribution < 1.29 is 19.3 Å². The van der Waals surface area contributed by atoms with Crippen LogP contribution in [0.15, 0.2) is 78.9 Å². The van der Waals surface area contributed by atoms with Gasteiger partial charge in [-0.1, -0.05) is 67.2 Å². The molecule has 3 rings (SSSR count). The van der Waals surface area contributed by atoms with E-state index in [0.29, 0.717) is 17.6 Å². The Bertz CT molecular complexity index is 983. The zero-order chi connectivity index (χ0) is 20.8. The van der Waals surface area contributed by atoms with Crippen molar-refractivity contribution in [1.29, 1.82) is 0 Å². The lowest BCUT2D eigenvalue weighted by atomic mass is 9.95. The number of benzene rings is 3. The molecule has 0 aromatic heterocycles. The Labute approximate surface area is 170 Å². The van der Waals surface area contributed by atoms with E-state index in [-0.39, 0.29) is 19.0 Å². The van der Waals surface area contributed by atoms with Crippen LogP contribution in [0, 0.1) is 5.82 Å². The van der Waals surface area contributed by atoms with Crippen molar-refractivity contribution in [3.8, 4) is 22.3 Å². The number of hydrogen-bond donors (Lipinski definition) is 2. The summed E-state index contributed by atoms with van der Waals surface area (Å²) in [4.78, 5) is 0. The summed E-state index contributed by atoms with van der Waals surface area (Å²) in [6.45, 7) is 5.48. The standard InChI is InChI=1S/C25H25FO3/c1-17(2)25(28)29-13-12-20-14-21(8-9-22(20)16-27)23-11-10-19(15-24(23)26)18-6-4-3-5-7-18/h3-11,14-15,25,27-28H,1,12-13,16H2,2H3. The Hall–Kier alpha value is -2.79. The monoisotopic (exact) mass is 392 g/mol. The van der Waals surface area contributed by atoms with Gasteiger partial charge in [0.25, 0.3) is 0 Å². The highest BCUT2D eigenvalue weighted by atomic mass is 19.1. The Morgan fingerprint density at radius 2 is 1.69 bits per heavy atom. The van der Waals surface area contributed by atoms with Crippen molar-refractivity contribution in [3.05, 3.63) is 95.8 Å². The lowest BCUT2D eigenvalue weighted by Gasteiger charge is -2.14. The molecule has 29 heavy (non-hydrogen) atoms. The molecule has 2 N–H and O–H groups in total. The van der Waals surface area contributed by atoms with Gasteiger partial charge in [0.1, 0.15) is 5.82 Å². The Morgan fingerprint density at radius 3 is 2.34 bits per heavy atom. The van der Waals surface area contributed by atoms with E-state index in [2.05, 4.69) is 6.58 Å². The molecule has 0 aliphatic rings. The van der Waals surface area contributed by atoms with Crippen molar-refractivity contribution in [3.63, 3.8) is 0 Å². The molecule has 0 fully saturated rings. The van der Waals surface area contributed by atoms with Crippen LogP contribution in [0.2, 0.25) is 0 Å². The maximum atomic E-state index is 14.9. The van der Waals surface area contributed by atoms with Gasteiger partial charge >= 0.3 is 0 Å². The predicted molar refractivity (Wildman–Crippen MR) is 114 cm³/mol. The molecule has 1 unspecified atom stereocenters. The topological polar surface area (TPSA) is 49.7 Å². The molecule has 0 aliphatic carbocycles. The molecule has 0 spiro atoms. The number of halogens is 1. The number of aliphatic hydroxyl groups excluding tert-OH is 2. The van der Waals surface area contributed by atoms with Crippen molar-refractivity contribution in [2.75, 3.05) is 6.61 Å². The van der Waals surface area contributed by atoms with Crippen LogP contribution in [0.5, 0.6) is 0 Å². The molecular formula is C25H25FO3. The van der Waals surface area contributed by atoms with Crippen LogP contribution in [0.4, 0.5) is 4.39 Å². The molecule has 3 nitrogen and oxygen atoms in total. The van der Waals surface area contributed by atoms with E-state index in [1.165, 1.54) is 6.07 Å². The lowest BCUT2D eigenvalue weighted by molar-refractivity contribution is -0.0706. The predicted octanol–water partition coefficient (Wildman–Crippen LogP) is 5.11. The molecule has 0 radical (unpaired) electrons. The Morgan fingerprint density at radius 1 is 0.966 bits per heavy atom.